The lowest BCUT2D eigenvalue weighted by Crippen LogP contribution is -1.66. The second kappa shape index (κ2) is 5.03. The van der Waals surface area contributed by atoms with E-state index in [9.17, 15) is 0 Å². The van der Waals surface area contributed by atoms with Crippen molar-refractivity contribution in [2.75, 3.05) is 5.75 Å². The number of hydrogen-bond donors (Lipinski definition) is 0. The average Bonchev–Trinajstić information content (AvgIpc) is 2.07. The van der Waals surface area contributed by atoms with Gasteiger partial charge in [-0.05, 0) is 22.8 Å². The molecule has 0 saturated carbocycles. The highest BCUT2D eigenvalue weighted by Crippen LogP contribution is 2.06. The van der Waals surface area contributed by atoms with Gasteiger partial charge >= 0.3 is 0 Å². The Bertz CT molecular complexity index is 214. The van der Waals surface area contributed by atoms with Crippen LogP contribution in [0.1, 0.15) is 12.5 Å². The van der Waals surface area contributed by atoms with Gasteiger partial charge in [0.25, 0.3) is 0 Å². The van der Waals surface area contributed by atoms with Gasteiger partial charge < -0.3 is 0 Å². The van der Waals surface area contributed by atoms with E-state index in [1.807, 2.05) is 17.8 Å². The lowest BCUT2D eigenvalue weighted by molar-refractivity contribution is 1.54. The predicted octanol–water partition coefficient (Wildman–Crippen LogP) is 3.41. The van der Waals surface area contributed by atoms with Crippen molar-refractivity contribution in [3.8, 4) is 0 Å². The molecule has 0 radical (unpaired) electrons. The monoisotopic (exact) mass is 164 g/mol. The number of hydrogen-bond acceptors (Lipinski definition) is 1. The van der Waals surface area contributed by atoms with Gasteiger partial charge in [-0.3, -0.25) is 0 Å². The normalized spacial score (nSPS) is 10.6. The summed E-state index contributed by atoms with van der Waals surface area (Å²) in [6.45, 7) is 2.15. The summed E-state index contributed by atoms with van der Waals surface area (Å²) < 4.78 is 0. The summed E-state index contributed by atoms with van der Waals surface area (Å²) in [7, 11) is 0. The zero-order chi connectivity index (χ0) is 7.94. The molecule has 0 heterocycles. The molecule has 1 aromatic carbocycles. The van der Waals surface area contributed by atoms with Gasteiger partial charge in [0, 0.05) is 0 Å². The van der Waals surface area contributed by atoms with Crippen LogP contribution in [0.25, 0.3) is 6.08 Å². The molecule has 0 spiro atoms. The van der Waals surface area contributed by atoms with Crippen LogP contribution < -0.4 is 0 Å². The first-order valence-corrected chi connectivity index (χ1v) is 4.81. The van der Waals surface area contributed by atoms with E-state index in [1.54, 1.807) is 0 Å². The largest absolute Gasteiger partial charge is 0.134 e. The van der Waals surface area contributed by atoms with Gasteiger partial charge in [0.15, 0.2) is 0 Å². The summed E-state index contributed by atoms with van der Waals surface area (Å²) in [4.78, 5) is 0. The summed E-state index contributed by atoms with van der Waals surface area (Å²) in [5.74, 6) is 1.14. The Balaban J connectivity index is 2.50. The second-order valence-electron chi connectivity index (χ2n) is 2.17. The van der Waals surface area contributed by atoms with Crippen LogP contribution in [0.2, 0.25) is 0 Å². The van der Waals surface area contributed by atoms with E-state index in [2.05, 4.69) is 42.7 Å². The van der Waals surface area contributed by atoms with E-state index < -0.39 is 0 Å². The Kier molecular flexibility index (Phi) is 3.84. The van der Waals surface area contributed by atoms with Gasteiger partial charge in [-0.15, -0.1) is 11.8 Å². The summed E-state index contributed by atoms with van der Waals surface area (Å²) in [6, 6.07) is 10.3. The second-order valence-corrected chi connectivity index (χ2v) is 3.35. The fraction of sp³-hybridized carbons (Fsp3) is 0.200. The Morgan fingerprint density at radius 3 is 2.64 bits per heavy atom. The topological polar surface area (TPSA) is 0 Å². The summed E-state index contributed by atoms with van der Waals surface area (Å²) >= 11 is 1.82. The molecule has 0 bridgehead atoms. The molecule has 1 heteroatoms. The lowest BCUT2D eigenvalue weighted by Gasteiger charge is -1.89. The number of thioether (sulfide) groups is 1. The minimum absolute atomic E-state index is 1.14. The van der Waals surface area contributed by atoms with Crippen LogP contribution in [0.15, 0.2) is 35.7 Å². The maximum absolute atomic E-state index is 2.15. The van der Waals surface area contributed by atoms with E-state index in [0.717, 1.165) is 5.75 Å². The molecule has 0 saturated heterocycles. The molecule has 1 rings (SSSR count). The molecular weight excluding hydrogens is 152 g/mol. The molecule has 0 aromatic heterocycles. The Morgan fingerprint density at radius 2 is 2.00 bits per heavy atom. The maximum Gasteiger partial charge on any atom is -0.00544 e. The molecule has 0 aliphatic carbocycles. The van der Waals surface area contributed by atoms with Crippen LogP contribution in [-0.4, -0.2) is 5.75 Å². The van der Waals surface area contributed by atoms with Gasteiger partial charge in [-0.2, -0.15) is 0 Å². The average molecular weight is 164 g/mol. The van der Waals surface area contributed by atoms with Crippen molar-refractivity contribution in [2.45, 2.75) is 6.92 Å². The van der Waals surface area contributed by atoms with E-state index in [-0.39, 0.29) is 0 Å². The molecule has 0 fully saturated rings. The number of benzene rings is 1. The molecule has 11 heavy (non-hydrogen) atoms. The van der Waals surface area contributed by atoms with Crippen molar-refractivity contribution in [3.05, 3.63) is 41.3 Å². The number of rotatable bonds is 3. The van der Waals surface area contributed by atoms with Crippen molar-refractivity contribution in [2.24, 2.45) is 0 Å². The molecule has 0 nitrogen and oxygen atoms in total. The molecule has 0 N–H and O–H groups in total. The lowest BCUT2D eigenvalue weighted by atomic mass is 10.2. The first-order valence-electron chi connectivity index (χ1n) is 3.76. The molecule has 58 valence electrons. The SMILES string of the molecule is CCSC=Cc1ccccc1. The zero-order valence-electron chi connectivity index (χ0n) is 6.66. The first-order chi connectivity index (χ1) is 5.43. The van der Waals surface area contributed by atoms with Gasteiger partial charge in [0.1, 0.15) is 0 Å². The first kappa shape index (κ1) is 8.41. The zero-order valence-corrected chi connectivity index (χ0v) is 7.47. The maximum atomic E-state index is 2.15. The summed E-state index contributed by atoms with van der Waals surface area (Å²) in [5.41, 5.74) is 1.27. The highest BCUT2D eigenvalue weighted by molar-refractivity contribution is 8.02. The Morgan fingerprint density at radius 1 is 1.27 bits per heavy atom. The third kappa shape index (κ3) is 3.28. The van der Waals surface area contributed by atoms with Gasteiger partial charge in [0.2, 0.25) is 0 Å². The third-order valence-electron chi connectivity index (χ3n) is 1.32. The summed E-state index contributed by atoms with van der Waals surface area (Å²) in [6.07, 6.45) is 2.13. The quantitative estimate of drug-likeness (QED) is 0.659. The minimum Gasteiger partial charge on any atom is -0.134 e. The summed E-state index contributed by atoms with van der Waals surface area (Å²) in [5, 5.41) is 2.13. The molecule has 0 atom stereocenters. The van der Waals surface area contributed by atoms with Crippen molar-refractivity contribution in [1.82, 2.24) is 0 Å². The van der Waals surface area contributed by atoms with Crippen LogP contribution in [0.3, 0.4) is 0 Å². The van der Waals surface area contributed by atoms with E-state index in [1.165, 1.54) is 5.56 Å². The molecule has 0 aliphatic rings. The highest BCUT2D eigenvalue weighted by atomic mass is 32.2. The van der Waals surface area contributed by atoms with Crippen LogP contribution in [0, 0.1) is 0 Å². The molecular formula is C10H12S. The standard InChI is InChI=1S/C10H12S/c1-2-11-9-8-10-6-4-3-5-7-10/h3-9H,2H2,1H3. The van der Waals surface area contributed by atoms with Crippen molar-refractivity contribution >= 4 is 17.8 Å². The molecule has 0 unspecified atom stereocenters. The molecule has 0 aliphatic heterocycles. The Labute approximate surface area is 72.3 Å². The van der Waals surface area contributed by atoms with Crippen molar-refractivity contribution in [3.63, 3.8) is 0 Å². The minimum atomic E-state index is 1.14. The fourth-order valence-corrected chi connectivity index (χ4v) is 1.23. The fourth-order valence-electron chi connectivity index (χ4n) is 0.787. The Hall–Kier alpha value is -0.690. The van der Waals surface area contributed by atoms with Gasteiger partial charge in [0.05, 0.1) is 0 Å². The van der Waals surface area contributed by atoms with Gasteiger partial charge in [-0.1, -0.05) is 37.3 Å². The smallest absolute Gasteiger partial charge is 0.00544 e. The molecule has 0 amide bonds. The van der Waals surface area contributed by atoms with Crippen LogP contribution in [0.4, 0.5) is 0 Å². The molecule has 1 aromatic rings. The van der Waals surface area contributed by atoms with Crippen LogP contribution in [0.5, 0.6) is 0 Å². The van der Waals surface area contributed by atoms with Crippen LogP contribution in [-0.2, 0) is 0 Å². The van der Waals surface area contributed by atoms with E-state index >= 15 is 0 Å². The van der Waals surface area contributed by atoms with E-state index in [0.29, 0.717) is 0 Å². The van der Waals surface area contributed by atoms with Crippen molar-refractivity contribution in [1.29, 1.82) is 0 Å². The van der Waals surface area contributed by atoms with Crippen molar-refractivity contribution < 1.29 is 0 Å². The third-order valence-corrected chi connectivity index (χ3v) is 1.98. The highest BCUT2D eigenvalue weighted by Gasteiger charge is 1.80. The predicted molar refractivity (Wildman–Crippen MR) is 53.6 cm³/mol. The van der Waals surface area contributed by atoms with Crippen LogP contribution >= 0.6 is 11.8 Å². The van der Waals surface area contributed by atoms with E-state index in [4.69, 9.17) is 0 Å². The van der Waals surface area contributed by atoms with Gasteiger partial charge in [-0.25, -0.2) is 0 Å².